The molecule has 0 saturated carbocycles. The largest absolute Gasteiger partial charge is 0.478 e. The molecule has 1 aromatic carbocycles. The molecule has 0 radical (unpaired) electrons. The third-order valence-electron chi connectivity index (χ3n) is 2.72. The van der Waals surface area contributed by atoms with Gasteiger partial charge in [-0.2, -0.15) is 0 Å². The van der Waals surface area contributed by atoms with Crippen LogP contribution in [0.2, 0.25) is 0 Å². The molecule has 19 heavy (non-hydrogen) atoms. The highest BCUT2D eigenvalue weighted by molar-refractivity contribution is 5.95. The number of benzene rings is 1. The van der Waals surface area contributed by atoms with Crippen LogP contribution in [0.25, 0.3) is 0 Å². The van der Waals surface area contributed by atoms with Crippen LogP contribution in [0.5, 0.6) is 0 Å². The van der Waals surface area contributed by atoms with Gasteiger partial charge in [0.2, 0.25) is 0 Å². The van der Waals surface area contributed by atoms with Crippen LogP contribution in [0.3, 0.4) is 0 Å². The minimum atomic E-state index is -1.10. The van der Waals surface area contributed by atoms with Crippen molar-refractivity contribution in [1.82, 2.24) is 4.90 Å². The minimum Gasteiger partial charge on any atom is -0.478 e. The summed E-state index contributed by atoms with van der Waals surface area (Å²) in [5.41, 5.74) is 0.298. The molecule has 0 aromatic heterocycles. The van der Waals surface area contributed by atoms with Crippen LogP contribution in [0.1, 0.15) is 10.4 Å². The molecule has 0 heterocycles. The Kier molecular flexibility index (Phi) is 4.82. The maximum absolute atomic E-state index is 11.1. The minimum absolute atomic E-state index is 0.0619. The first kappa shape index (κ1) is 14.9. The maximum atomic E-state index is 11.1. The Bertz CT molecular complexity index is 488. The van der Waals surface area contributed by atoms with E-state index < -0.39 is 10.9 Å². The van der Waals surface area contributed by atoms with Crippen molar-refractivity contribution in [2.24, 2.45) is 0 Å². The molecule has 0 bridgehead atoms. The number of nitro groups is 1. The lowest BCUT2D eigenvalue weighted by Gasteiger charge is -2.22. The predicted molar refractivity (Wildman–Crippen MR) is 71.9 cm³/mol. The van der Waals surface area contributed by atoms with E-state index in [9.17, 15) is 14.9 Å². The lowest BCUT2D eigenvalue weighted by molar-refractivity contribution is -0.384. The van der Waals surface area contributed by atoms with Crippen molar-refractivity contribution in [3.05, 3.63) is 33.9 Å². The topological polar surface area (TPSA) is 86.9 Å². The Labute approximate surface area is 111 Å². The summed E-state index contributed by atoms with van der Waals surface area (Å²) in [6.45, 7) is 1.30. The molecule has 7 nitrogen and oxygen atoms in total. The summed E-state index contributed by atoms with van der Waals surface area (Å²) >= 11 is 0. The van der Waals surface area contributed by atoms with E-state index in [-0.39, 0.29) is 11.3 Å². The highest BCUT2D eigenvalue weighted by Gasteiger charge is 2.18. The van der Waals surface area contributed by atoms with Crippen molar-refractivity contribution in [2.45, 2.75) is 0 Å². The second-order valence-corrected chi connectivity index (χ2v) is 4.49. The summed E-state index contributed by atoms with van der Waals surface area (Å²) in [6, 6.07) is 3.76. The predicted octanol–water partition coefficient (Wildman–Crippen LogP) is 1.29. The van der Waals surface area contributed by atoms with Gasteiger partial charge in [-0.25, -0.2) is 4.79 Å². The quantitative estimate of drug-likeness (QED) is 0.617. The van der Waals surface area contributed by atoms with E-state index in [1.165, 1.54) is 18.2 Å². The van der Waals surface area contributed by atoms with E-state index in [0.717, 1.165) is 6.54 Å². The second-order valence-electron chi connectivity index (χ2n) is 4.49. The highest BCUT2D eigenvalue weighted by Crippen LogP contribution is 2.25. The lowest BCUT2D eigenvalue weighted by atomic mass is 10.1. The van der Waals surface area contributed by atoms with E-state index in [2.05, 4.69) is 0 Å². The van der Waals surface area contributed by atoms with Crippen molar-refractivity contribution >= 4 is 17.3 Å². The zero-order valence-electron chi connectivity index (χ0n) is 11.2. The number of anilines is 1. The Balaban J connectivity index is 3.09. The van der Waals surface area contributed by atoms with Crippen LogP contribution in [0.4, 0.5) is 11.4 Å². The monoisotopic (exact) mass is 267 g/mol. The van der Waals surface area contributed by atoms with Gasteiger partial charge in [-0.1, -0.05) is 0 Å². The zero-order valence-corrected chi connectivity index (χ0v) is 11.2. The molecule has 0 spiro atoms. The summed E-state index contributed by atoms with van der Waals surface area (Å²) in [7, 11) is 5.52. The van der Waals surface area contributed by atoms with Crippen LogP contribution < -0.4 is 4.90 Å². The molecular weight excluding hydrogens is 250 g/mol. The van der Waals surface area contributed by atoms with Gasteiger partial charge in [-0.15, -0.1) is 0 Å². The van der Waals surface area contributed by atoms with Crippen molar-refractivity contribution in [3.8, 4) is 0 Å². The van der Waals surface area contributed by atoms with Crippen molar-refractivity contribution in [1.29, 1.82) is 0 Å². The Hall–Kier alpha value is -2.15. The van der Waals surface area contributed by atoms with Crippen molar-refractivity contribution in [2.75, 3.05) is 39.1 Å². The van der Waals surface area contributed by atoms with Crippen LogP contribution in [0.15, 0.2) is 18.2 Å². The molecule has 0 atom stereocenters. The molecule has 0 aliphatic rings. The zero-order chi connectivity index (χ0) is 14.6. The fourth-order valence-electron chi connectivity index (χ4n) is 1.60. The van der Waals surface area contributed by atoms with Crippen molar-refractivity contribution < 1.29 is 14.8 Å². The smallest absolute Gasteiger partial charge is 0.337 e. The number of carboxylic acids is 1. The average molecular weight is 267 g/mol. The van der Waals surface area contributed by atoms with Gasteiger partial charge in [0.05, 0.1) is 16.2 Å². The molecule has 0 saturated heterocycles. The Morgan fingerprint density at radius 1 is 1.32 bits per heavy atom. The van der Waals surface area contributed by atoms with E-state index in [1.807, 2.05) is 19.0 Å². The Morgan fingerprint density at radius 3 is 2.42 bits per heavy atom. The van der Waals surface area contributed by atoms with E-state index in [0.29, 0.717) is 12.2 Å². The van der Waals surface area contributed by atoms with Gasteiger partial charge in [-0.3, -0.25) is 10.1 Å². The number of hydrogen-bond acceptors (Lipinski definition) is 5. The molecule has 0 aliphatic heterocycles. The summed E-state index contributed by atoms with van der Waals surface area (Å²) in [5, 5.41) is 19.9. The number of hydrogen-bond donors (Lipinski definition) is 1. The van der Waals surface area contributed by atoms with Crippen LogP contribution in [0, 0.1) is 10.1 Å². The molecule has 104 valence electrons. The van der Waals surface area contributed by atoms with E-state index >= 15 is 0 Å². The average Bonchev–Trinajstić information content (AvgIpc) is 2.34. The molecule has 7 heteroatoms. The molecule has 0 fully saturated rings. The van der Waals surface area contributed by atoms with Gasteiger partial charge < -0.3 is 14.9 Å². The molecule has 0 unspecified atom stereocenters. The number of nitrogens with zero attached hydrogens (tertiary/aromatic N) is 3. The molecule has 1 rings (SSSR count). The first-order chi connectivity index (χ1) is 8.82. The van der Waals surface area contributed by atoms with Gasteiger partial charge in [0, 0.05) is 32.3 Å². The summed E-state index contributed by atoms with van der Waals surface area (Å²) < 4.78 is 0. The molecule has 1 N–H and O–H groups in total. The summed E-state index contributed by atoms with van der Waals surface area (Å²) in [6.07, 6.45) is 0. The van der Waals surface area contributed by atoms with E-state index in [4.69, 9.17) is 5.11 Å². The number of carboxylic acid groups (broad SMARTS) is 1. The molecule has 0 amide bonds. The van der Waals surface area contributed by atoms with Gasteiger partial charge in [0.25, 0.3) is 5.69 Å². The number of carbonyl (C=O) groups is 1. The number of aromatic carboxylic acids is 1. The fraction of sp³-hybridized carbons (Fsp3) is 0.417. The van der Waals surface area contributed by atoms with E-state index in [1.54, 1.807) is 11.9 Å². The first-order valence-corrected chi connectivity index (χ1v) is 5.70. The molecule has 1 aromatic rings. The number of non-ortho nitro benzene ring substituents is 1. The van der Waals surface area contributed by atoms with Crippen LogP contribution >= 0.6 is 0 Å². The van der Waals surface area contributed by atoms with Gasteiger partial charge in [0.1, 0.15) is 0 Å². The van der Waals surface area contributed by atoms with Gasteiger partial charge in [-0.05, 0) is 20.2 Å². The third kappa shape index (κ3) is 3.92. The number of rotatable bonds is 6. The summed E-state index contributed by atoms with van der Waals surface area (Å²) in [5.74, 6) is -1.10. The normalized spacial score (nSPS) is 10.5. The number of likely N-dealkylation sites (N-methyl/N-ethyl adjacent to an activating group) is 2. The van der Waals surface area contributed by atoms with Gasteiger partial charge in [0.15, 0.2) is 0 Å². The van der Waals surface area contributed by atoms with Crippen LogP contribution in [-0.4, -0.2) is 55.1 Å². The molecular formula is C12H17N3O4. The Morgan fingerprint density at radius 2 is 1.95 bits per heavy atom. The summed E-state index contributed by atoms with van der Waals surface area (Å²) in [4.78, 5) is 25.0. The fourth-order valence-corrected chi connectivity index (χ4v) is 1.60. The molecule has 0 aliphatic carbocycles. The lowest BCUT2D eigenvalue weighted by Crippen LogP contribution is -2.29. The third-order valence-corrected chi connectivity index (χ3v) is 2.72. The first-order valence-electron chi connectivity index (χ1n) is 5.70. The number of nitro benzene ring substituents is 1. The maximum Gasteiger partial charge on any atom is 0.337 e. The van der Waals surface area contributed by atoms with Crippen LogP contribution in [-0.2, 0) is 0 Å². The standard InChI is InChI=1S/C12H17N3O4/c1-13(2)6-7-14(3)11-8-9(15(18)19)4-5-10(11)12(16)17/h4-5,8H,6-7H2,1-3H3,(H,16,17). The van der Waals surface area contributed by atoms with Crippen molar-refractivity contribution in [3.63, 3.8) is 0 Å². The highest BCUT2D eigenvalue weighted by atomic mass is 16.6. The SMILES string of the molecule is CN(C)CCN(C)c1cc([N+](=O)[O-])ccc1C(=O)O. The second kappa shape index (κ2) is 6.14. The van der Waals surface area contributed by atoms with Gasteiger partial charge >= 0.3 is 5.97 Å².